The number of primary amides is 1. The van der Waals surface area contributed by atoms with Crippen LogP contribution in [0.25, 0.3) is 0 Å². The lowest BCUT2D eigenvalue weighted by Gasteiger charge is -2.31. The van der Waals surface area contributed by atoms with Crippen LogP contribution in [0.15, 0.2) is 18.2 Å². The highest BCUT2D eigenvalue weighted by Crippen LogP contribution is 2.35. The summed E-state index contributed by atoms with van der Waals surface area (Å²) in [5.41, 5.74) is 7.40. The quantitative estimate of drug-likeness (QED) is 0.359. The molecule has 186 valence electrons. The largest absolute Gasteiger partial charge is 0.369 e. The number of carbonyl (C=O) groups excluding carboxylic acids is 4. The van der Waals surface area contributed by atoms with Crippen LogP contribution in [0.4, 0.5) is 10.1 Å². The van der Waals surface area contributed by atoms with Crippen LogP contribution in [0.2, 0.25) is 5.02 Å². The number of rotatable bonds is 9. The molecule has 0 radical (unpaired) electrons. The minimum Gasteiger partial charge on any atom is -0.369 e. The van der Waals surface area contributed by atoms with Gasteiger partial charge in [-0.25, -0.2) is 4.39 Å². The molecule has 2 aliphatic rings. The summed E-state index contributed by atoms with van der Waals surface area (Å²) in [4.78, 5) is 50.6. The van der Waals surface area contributed by atoms with Gasteiger partial charge in [-0.15, -0.1) is 0 Å². The highest BCUT2D eigenvalue weighted by Gasteiger charge is 2.34. The maximum atomic E-state index is 13.5. The molecule has 10 heteroatoms. The van der Waals surface area contributed by atoms with Crippen LogP contribution in [0.3, 0.4) is 0 Å². The number of halogens is 2. The second-order valence-electron chi connectivity index (χ2n) is 9.21. The SMILES string of the molecule is Cc1c(C(=O)C(=O)NCCC(C(N)=O)C2CCC2)c2n(c1C(=O)Nc1ccc(F)c(Cl)c1)CCC2. The Hall–Kier alpha value is -3.20. The molecule has 1 aromatic carbocycles. The molecule has 35 heavy (non-hydrogen) atoms. The number of carbonyl (C=O) groups is 4. The monoisotopic (exact) mass is 502 g/mol. The Kier molecular flexibility index (Phi) is 7.25. The van der Waals surface area contributed by atoms with Crippen molar-refractivity contribution in [3.63, 3.8) is 0 Å². The molecular formula is C25H28ClFN4O4. The second-order valence-corrected chi connectivity index (χ2v) is 9.61. The minimum atomic E-state index is -0.775. The Morgan fingerprint density at radius 1 is 1.23 bits per heavy atom. The van der Waals surface area contributed by atoms with E-state index in [0.717, 1.165) is 31.7 Å². The van der Waals surface area contributed by atoms with Gasteiger partial charge in [-0.2, -0.15) is 0 Å². The molecule has 0 saturated heterocycles. The van der Waals surface area contributed by atoms with Gasteiger partial charge in [0, 0.05) is 30.4 Å². The lowest BCUT2D eigenvalue weighted by atomic mass is 9.74. The van der Waals surface area contributed by atoms with E-state index in [1.54, 1.807) is 11.5 Å². The fourth-order valence-corrected chi connectivity index (χ4v) is 5.24. The number of nitrogens with two attached hydrogens (primary N) is 1. The summed E-state index contributed by atoms with van der Waals surface area (Å²) in [5, 5.41) is 5.19. The number of ketones is 1. The van der Waals surface area contributed by atoms with Gasteiger partial charge in [0.2, 0.25) is 5.91 Å². The summed E-state index contributed by atoms with van der Waals surface area (Å²) in [6.45, 7) is 2.35. The maximum Gasteiger partial charge on any atom is 0.292 e. The molecule has 1 saturated carbocycles. The molecular weight excluding hydrogens is 475 g/mol. The van der Waals surface area contributed by atoms with Crippen LogP contribution >= 0.6 is 11.6 Å². The van der Waals surface area contributed by atoms with Gasteiger partial charge in [0.15, 0.2) is 0 Å². The number of anilines is 1. The first-order chi connectivity index (χ1) is 16.7. The van der Waals surface area contributed by atoms with Gasteiger partial charge in [-0.05, 0) is 68.7 Å². The van der Waals surface area contributed by atoms with Gasteiger partial charge in [-0.3, -0.25) is 19.2 Å². The number of hydrogen-bond donors (Lipinski definition) is 3. The number of nitrogens with one attached hydrogen (secondary N) is 2. The molecule has 0 bridgehead atoms. The van der Waals surface area contributed by atoms with Crippen LogP contribution in [-0.4, -0.2) is 34.6 Å². The van der Waals surface area contributed by atoms with Crippen molar-refractivity contribution in [2.24, 2.45) is 17.6 Å². The third-order valence-corrected chi connectivity index (χ3v) is 7.35. The molecule has 1 aliphatic carbocycles. The van der Waals surface area contributed by atoms with Crippen LogP contribution in [0.5, 0.6) is 0 Å². The van der Waals surface area contributed by atoms with Gasteiger partial charge >= 0.3 is 0 Å². The molecule has 1 unspecified atom stereocenters. The van der Waals surface area contributed by atoms with E-state index >= 15 is 0 Å². The van der Waals surface area contributed by atoms with Crippen LogP contribution in [-0.2, 0) is 22.6 Å². The zero-order valence-electron chi connectivity index (χ0n) is 19.5. The van der Waals surface area contributed by atoms with Crippen molar-refractivity contribution in [2.45, 2.75) is 52.0 Å². The zero-order chi connectivity index (χ0) is 25.3. The Labute approximate surface area is 207 Å². The van der Waals surface area contributed by atoms with Crippen LogP contribution in [0.1, 0.15) is 64.2 Å². The fourth-order valence-electron chi connectivity index (χ4n) is 5.06. The van der Waals surface area contributed by atoms with Crippen molar-refractivity contribution >= 4 is 40.8 Å². The summed E-state index contributed by atoms with van der Waals surface area (Å²) in [6.07, 6.45) is 4.66. The van der Waals surface area contributed by atoms with Crippen LogP contribution in [0, 0.1) is 24.6 Å². The summed E-state index contributed by atoms with van der Waals surface area (Å²) in [7, 11) is 0. The lowest BCUT2D eigenvalue weighted by Crippen LogP contribution is -2.38. The topological polar surface area (TPSA) is 123 Å². The number of Topliss-reactive ketones (excluding diaryl/α,β-unsaturated/α-hetero) is 1. The molecule has 0 spiro atoms. The van der Waals surface area contributed by atoms with E-state index < -0.39 is 23.4 Å². The Morgan fingerprint density at radius 3 is 2.60 bits per heavy atom. The molecule has 1 aliphatic heterocycles. The van der Waals surface area contributed by atoms with Crippen molar-refractivity contribution in [1.29, 1.82) is 0 Å². The van der Waals surface area contributed by atoms with Gasteiger partial charge < -0.3 is 20.9 Å². The van der Waals surface area contributed by atoms with Crippen molar-refractivity contribution < 1.29 is 23.6 Å². The molecule has 4 rings (SSSR count). The molecule has 3 amide bonds. The Balaban J connectivity index is 1.48. The highest BCUT2D eigenvalue weighted by atomic mass is 35.5. The summed E-state index contributed by atoms with van der Waals surface area (Å²) >= 11 is 5.81. The third kappa shape index (κ3) is 4.96. The molecule has 4 N–H and O–H groups in total. The normalized spacial score (nSPS) is 15.7. The number of amides is 3. The number of nitrogens with zero attached hydrogens (tertiary/aromatic N) is 1. The van der Waals surface area contributed by atoms with Gasteiger partial charge in [-0.1, -0.05) is 18.0 Å². The van der Waals surface area contributed by atoms with E-state index in [1.807, 2.05) is 0 Å². The van der Waals surface area contributed by atoms with E-state index in [2.05, 4.69) is 10.6 Å². The van der Waals surface area contributed by atoms with E-state index in [0.29, 0.717) is 36.3 Å². The first kappa shape index (κ1) is 24.9. The van der Waals surface area contributed by atoms with E-state index in [4.69, 9.17) is 17.3 Å². The lowest BCUT2D eigenvalue weighted by molar-refractivity contribution is -0.125. The van der Waals surface area contributed by atoms with Crippen LogP contribution < -0.4 is 16.4 Å². The fraction of sp³-hybridized carbons (Fsp3) is 0.440. The van der Waals surface area contributed by atoms with Crippen molar-refractivity contribution in [2.75, 3.05) is 11.9 Å². The van der Waals surface area contributed by atoms with Crippen molar-refractivity contribution in [3.8, 4) is 0 Å². The summed E-state index contributed by atoms with van der Waals surface area (Å²) in [5.74, 6) is -3.01. The van der Waals surface area contributed by atoms with E-state index in [-0.39, 0.29) is 40.6 Å². The zero-order valence-corrected chi connectivity index (χ0v) is 20.2. The smallest absolute Gasteiger partial charge is 0.292 e. The number of fused-ring (bicyclic) bond motifs is 1. The Morgan fingerprint density at radius 2 is 1.97 bits per heavy atom. The van der Waals surface area contributed by atoms with Crippen molar-refractivity contribution in [1.82, 2.24) is 9.88 Å². The summed E-state index contributed by atoms with van der Waals surface area (Å²) < 4.78 is 15.2. The molecule has 1 atom stereocenters. The Bertz CT molecular complexity index is 1200. The predicted octanol–water partition coefficient (Wildman–Crippen LogP) is 3.38. The maximum absolute atomic E-state index is 13.5. The molecule has 1 fully saturated rings. The highest BCUT2D eigenvalue weighted by molar-refractivity contribution is 6.43. The molecule has 8 nitrogen and oxygen atoms in total. The van der Waals surface area contributed by atoms with E-state index in [9.17, 15) is 23.6 Å². The molecule has 2 heterocycles. The van der Waals surface area contributed by atoms with Gasteiger partial charge in [0.05, 0.1) is 10.6 Å². The average molecular weight is 503 g/mol. The van der Waals surface area contributed by atoms with E-state index in [1.165, 1.54) is 12.1 Å². The number of aromatic nitrogens is 1. The third-order valence-electron chi connectivity index (χ3n) is 7.06. The first-order valence-electron chi connectivity index (χ1n) is 11.8. The predicted molar refractivity (Wildman–Crippen MR) is 129 cm³/mol. The first-order valence-corrected chi connectivity index (χ1v) is 12.2. The summed E-state index contributed by atoms with van der Waals surface area (Å²) in [6, 6.07) is 3.85. The number of hydrogen-bond acceptors (Lipinski definition) is 4. The second kappa shape index (κ2) is 10.2. The average Bonchev–Trinajstić information content (AvgIpc) is 3.33. The molecule has 2 aromatic rings. The van der Waals surface area contributed by atoms with Gasteiger partial charge in [0.1, 0.15) is 11.5 Å². The minimum absolute atomic E-state index is 0.122. The number of benzene rings is 1. The van der Waals surface area contributed by atoms with Crippen molar-refractivity contribution in [3.05, 3.63) is 51.6 Å². The van der Waals surface area contributed by atoms with Gasteiger partial charge in [0.25, 0.3) is 17.6 Å². The standard InChI is InChI=1S/C25H28ClFN4O4/c1-13-20(22(32)25(35)29-10-9-16(23(28)33)14-4-2-5-14)19-6-3-11-31(19)21(13)24(34)30-15-7-8-18(27)17(26)12-15/h7-8,12,14,16H,2-6,9-11H2,1H3,(H2,28,33)(H,29,35)(H,30,34). The molecule has 1 aromatic heterocycles.